The van der Waals surface area contributed by atoms with Gasteiger partial charge in [-0.15, -0.1) is 12.3 Å². The molecule has 4 nitrogen and oxygen atoms in total. The number of ether oxygens (including phenoxy) is 1. The van der Waals surface area contributed by atoms with Crippen molar-refractivity contribution in [3.8, 4) is 18.1 Å². The highest BCUT2D eigenvalue weighted by molar-refractivity contribution is 6.35. The predicted octanol–water partition coefficient (Wildman–Crippen LogP) is 4.91. The van der Waals surface area contributed by atoms with Crippen molar-refractivity contribution in [3.63, 3.8) is 0 Å². The second-order valence-electron chi connectivity index (χ2n) is 6.31. The van der Waals surface area contributed by atoms with Crippen molar-refractivity contribution in [2.45, 2.75) is 47.0 Å². The molecule has 0 fully saturated rings. The zero-order chi connectivity index (χ0) is 20.1. The average Bonchev–Trinajstić information content (AvgIpc) is 2.64. The quantitative estimate of drug-likeness (QED) is 0.719. The summed E-state index contributed by atoms with van der Waals surface area (Å²) in [5.74, 6) is 3.08. The van der Waals surface area contributed by atoms with E-state index in [0.29, 0.717) is 22.7 Å². The molecule has 0 radical (unpaired) electrons. The number of anilines is 1. The van der Waals surface area contributed by atoms with Crippen molar-refractivity contribution >= 4 is 23.2 Å². The van der Waals surface area contributed by atoms with Gasteiger partial charge in [0.25, 0.3) is 5.91 Å². The van der Waals surface area contributed by atoms with E-state index in [4.69, 9.17) is 22.8 Å². The highest BCUT2D eigenvalue weighted by atomic mass is 35.5. The number of nitrogens with zero attached hydrogens (tertiary/aromatic N) is 1. The number of hydrogen-bond acceptors (Lipinski definition) is 3. The normalized spacial score (nSPS) is 10.4. The Morgan fingerprint density at radius 3 is 2.30 bits per heavy atom. The smallest absolute Gasteiger partial charge is 0.259 e. The van der Waals surface area contributed by atoms with E-state index in [1.54, 1.807) is 14.0 Å². The highest BCUT2D eigenvalue weighted by Gasteiger charge is 2.21. The van der Waals surface area contributed by atoms with Crippen LogP contribution in [0.4, 0.5) is 5.69 Å². The van der Waals surface area contributed by atoms with Crippen molar-refractivity contribution in [1.29, 1.82) is 0 Å². The first-order chi connectivity index (χ1) is 12.9. The number of nitrogens with one attached hydrogen (secondary N) is 1. The van der Waals surface area contributed by atoms with Crippen LogP contribution in [0.25, 0.3) is 0 Å². The highest BCUT2D eigenvalue weighted by Crippen LogP contribution is 2.31. The van der Waals surface area contributed by atoms with Crippen LogP contribution in [0.15, 0.2) is 12.1 Å². The molecule has 142 valence electrons. The largest absolute Gasteiger partial charge is 0.497 e. The number of carbonyl (C=O) groups is 1. The summed E-state index contributed by atoms with van der Waals surface area (Å²) in [6.07, 6.45) is 7.30. The molecule has 0 aliphatic rings. The number of pyridine rings is 1. The number of rotatable bonds is 6. The minimum Gasteiger partial charge on any atom is -0.497 e. The van der Waals surface area contributed by atoms with Crippen molar-refractivity contribution in [2.24, 2.45) is 0 Å². The number of amides is 1. The van der Waals surface area contributed by atoms with E-state index < -0.39 is 0 Å². The number of carbonyl (C=O) groups excluding carboxylic acids is 1. The lowest BCUT2D eigenvalue weighted by Crippen LogP contribution is -2.18. The molecular weight excluding hydrogens is 360 g/mol. The standard InChI is InChI=1S/C22H25ClN2O2/c1-7-10-18-13(4)24-14(5)19(20(18)23)22(26)25-21-15(8-2)11-17(27-6)12-16(21)9-3/h1,11-12H,8-10H2,2-6H3,(H,25,26). The number of terminal acetylenes is 1. The summed E-state index contributed by atoms with van der Waals surface area (Å²) in [7, 11) is 1.64. The van der Waals surface area contributed by atoms with Gasteiger partial charge in [-0.25, -0.2) is 0 Å². The van der Waals surface area contributed by atoms with Gasteiger partial charge in [0.2, 0.25) is 0 Å². The number of hydrogen-bond donors (Lipinski definition) is 1. The van der Waals surface area contributed by atoms with Crippen LogP contribution in [0.5, 0.6) is 5.75 Å². The SMILES string of the molecule is C#CCc1c(C)nc(C)c(C(=O)Nc2c(CC)cc(OC)cc2CC)c1Cl. The van der Waals surface area contributed by atoms with Crippen LogP contribution in [-0.4, -0.2) is 18.0 Å². The predicted molar refractivity (Wildman–Crippen MR) is 111 cm³/mol. The number of benzene rings is 1. The molecule has 1 aromatic carbocycles. The van der Waals surface area contributed by atoms with Crippen LogP contribution >= 0.6 is 11.6 Å². The molecule has 1 amide bonds. The zero-order valence-electron chi connectivity index (χ0n) is 16.5. The van der Waals surface area contributed by atoms with Crippen molar-refractivity contribution < 1.29 is 9.53 Å². The number of aryl methyl sites for hydroxylation is 4. The van der Waals surface area contributed by atoms with Crippen LogP contribution < -0.4 is 10.1 Å². The summed E-state index contributed by atoms with van der Waals surface area (Å²) in [5.41, 5.74) is 5.25. The second-order valence-corrected chi connectivity index (χ2v) is 6.69. The molecule has 1 heterocycles. The third-order valence-corrected chi connectivity index (χ3v) is 5.05. The third kappa shape index (κ3) is 4.26. The summed E-state index contributed by atoms with van der Waals surface area (Å²) in [6, 6.07) is 3.89. The minimum atomic E-state index is -0.280. The molecule has 27 heavy (non-hydrogen) atoms. The topological polar surface area (TPSA) is 51.2 Å². The molecule has 0 aliphatic heterocycles. The van der Waals surface area contributed by atoms with Crippen LogP contribution in [0.3, 0.4) is 0 Å². The Balaban J connectivity index is 2.53. The van der Waals surface area contributed by atoms with Crippen molar-refractivity contribution in [2.75, 3.05) is 12.4 Å². The molecule has 0 saturated carbocycles. The Bertz CT molecular complexity index is 888. The Hall–Kier alpha value is -2.51. The maximum atomic E-state index is 13.1. The summed E-state index contributed by atoms with van der Waals surface area (Å²) in [5, 5.41) is 3.42. The van der Waals surface area contributed by atoms with E-state index in [9.17, 15) is 4.79 Å². The number of halogens is 1. The van der Waals surface area contributed by atoms with Gasteiger partial charge in [0.1, 0.15) is 5.75 Å². The van der Waals surface area contributed by atoms with E-state index in [1.165, 1.54) is 0 Å². The molecular formula is C22H25ClN2O2. The molecule has 0 aliphatic carbocycles. The monoisotopic (exact) mass is 384 g/mol. The Kier molecular flexibility index (Phi) is 6.87. The summed E-state index contributed by atoms with van der Waals surface area (Å²) in [6.45, 7) is 7.71. The number of methoxy groups -OCH3 is 1. The van der Waals surface area contributed by atoms with Gasteiger partial charge in [0.15, 0.2) is 0 Å². The van der Waals surface area contributed by atoms with Gasteiger partial charge in [-0.3, -0.25) is 9.78 Å². The van der Waals surface area contributed by atoms with Gasteiger partial charge in [0, 0.05) is 23.4 Å². The average molecular weight is 385 g/mol. The van der Waals surface area contributed by atoms with Crippen molar-refractivity contribution in [1.82, 2.24) is 4.98 Å². The molecule has 1 aromatic heterocycles. The van der Waals surface area contributed by atoms with E-state index >= 15 is 0 Å². The van der Waals surface area contributed by atoms with Gasteiger partial charge in [-0.1, -0.05) is 25.4 Å². The Labute approximate surface area is 166 Å². The lowest BCUT2D eigenvalue weighted by Gasteiger charge is -2.18. The summed E-state index contributed by atoms with van der Waals surface area (Å²) in [4.78, 5) is 17.6. The summed E-state index contributed by atoms with van der Waals surface area (Å²) >= 11 is 6.54. The van der Waals surface area contributed by atoms with Gasteiger partial charge < -0.3 is 10.1 Å². The van der Waals surface area contributed by atoms with Gasteiger partial charge >= 0.3 is 0 Å². The van der Waals surface area contributed by atoms with Crippen LogP contribution in [-0.2, 0) is 19.3 Å². The lowest BCUT2D eigenvalue weighted by molar-refractivity contribution is 0.102. The Morgan fingerprint density at radius 2 is 1.81 bits per heavy atom. The number of aromatic nitrogens is 1. The molecule has 1 N–H and O–H groups in total. The van der Waals surface area contributed by atoms with Crippen LogP contribution in [0, 0.1) is 26.2 Å². The van der Waals surface area contributed by atoms with Crippen LogP contribution in [0.1, 0.15) is 52.3 Å². The van der Waals surface area contributed by atoms with E-state index in [1.807, 2.05) is 32.9 Å². The second kappa shape index (κ2) is 8.92. The van der Waals surface area contributed by atoms with Gasteiger partial charge in [0.05, 0.1) is 23.4 Å². The fourth-order valence-corrected chi connectivity index (χ4v) is 3.59. The first-order valence-corrected chi connectivity index (χ1v) is 9.35. The molecule has 0 bridgehead atoms. The molecule has 0 spiro atoms. The fourth-order valence-electron chi connectivity index (χ4n) is 3.16. The molecule has 0 unspecified atom stereocenters. The molecule has 5 heteroatoms. The lowest BCUT2D eigenvalue weighted by atomic mass is 10.0. The maximum Gasteiger partial charge on any atom is 0.259 e. The molecule has 0 atom stereocenters. The minimum absolute atomic E-state index is 0.280. The molecule has 2 aromatic rings. The first-order valence-electron chi connectivity index (χ1n) is 8.97. The van der Waals surface area contributed by atoms with Crippen LogP contribution in [0.2, 0.25) is 5.02 Å². The van der Waals surface area contributed by atoms with E-state index in [0.717, 1.165) is 46.7 Å². The van der Waals surface area contributed by atoms with E-state index in [-0.39, 0.29) is 5.91 Å². The molecule has 0 saturated heterocycles. The first kappa shape index (κ1) is 20.8. The zero-order valence-corrected chi connectivity index (χ0v) is 17.3. The fraction of sp³-hybridized carbons (Fsp3) is 0.364. The molecule has 2 rings (SSSR count). The maximum absolute atomic E-state index is 13.1. The van der Waals surface area contributed by atoms with Crippen molar-refractivity contribution in [3.05, 3.63) is 50.8 Å². The third-order valence-electron chi connectivity index (χ3n) is 4.64. The Morgan fingerprint density at radius 1 is 1.22 bits per heavy atom. The van der Waals surface area contributed by atoms with Gasteiger partial charge in [-0.2, -0.15) is 0 Å². The van der Waals surface area contributed by atoms with E-state index in [2.05, 4.69) is 16.2 Å². The summed E-state index contributed by atoms with van der Waals surface area (Å²) < 4.78 is 5.38. The van der Waals surface area contributed by atoms with Gasteiger partial charge in [-0.05, 0) is 49.9 Å².